The molecule has 9 heteroatoms. The fraction of sp³-hybridized carbons (Fsp3) is 0.292. The fourth-order valence-electron chi connectivity index (χ4n) is 2.73. The maximum Gasteiger partial charge on any atom is 0.250 e. The summed E-state index contributed by atoms with van der Waals surface area (Å²) in [6.07, 6.45) is 3.64. The van der Waals surface area contributed by atoms with Gasteiger partial charge in [-0.15, -0.1) is 11.3 Å². The van der Waals surface area contributed by atoms with Crippen LogP contribution in [0.15, 0.2) is 57.3 Å². The van der Waals surface area contributed by atoms with Crippen LogP contribution in [0.2, 0.25) is 5.02 Å². The van der Waals surface area contributed by atoms with Crippen molar-refractivity contribution in [1.82, 2.24) is 10.4 Å². The number of unbranched alkanes of at least 4 members (excludes halogenated alkanes) is 1. The Bertz CT molecular complexity index is 1070. The van der Waals surface area contributed by atoms with E-state index in [4.69, 9.17) is 21.1 Å². The van der Waals surface area contributed by atoms with Crippen LogP contribution < -0.4 is 14.9 Å². The molecular weight excluding hydrogens is 478 g/mol. The minimum atomic E-state index is -0.205. The molecule has 1 aromatic heterocycles. The summed E-state index contributed by atoms with van der Waals surface area (Å²) in [5, 5.41) is 6.71. The average molecular weight is 504 g/mol. The van der Waals surface area contributed by atoms with Crippen molar-refractivity contribution in [2.75, 3.05) is 19.0 Å². The SMILES string of the molecule is CCCCOc1ccc(/C=N/NC(=O)CSc2nc(-c3ccc(Cl)cc3)cs2)cc1OCC. The lowest BCUT2D eigenvalue weighted by atomic mass is 10.2. The van der Waals surface area contributed by atoms with Crippen molar-refractivity contribution in [3.8, 4) is 22.8 Å². The maximum absolute atomic E-state index is 12.2. The third-order valence-electron chi connectivity index (χ3n) is 4.38. The van der Waals surface area contributed by atoms with Gasteiger partial charge in [-0.25, -0.2) is 10.4 Å². The van der Waals surface area contributed by atoms with Crippen molar-refractivity contribution in [1.29, 1.82) is 0 Å². The molecule has 1 amide bonds. The van der Waals surface area contributed by atoms with E-state index in [1.54, 1.807) is 6.21 Å². The molecule has 0 saturated heterocycles. The summed E-state index contributed by atoms with van der Waals surface area (Å²) in [4.78, 5) is 16.7. The molecule has 0 aliphatic carbocycles. The smallest absolute Gasteiger partial charge is 0.250 e. The number of benzene rings is 2. The minimum absolute atomic E-state index is 0.205. The Hall–Kier alpha value is -2.55. The summed E-state index contributed by atoms with van der Waals surface area (Å²) in [6, 6.07) is 13.1. The number of carbonyl (C=O) groups excluding carboxylic acids is 1. The lowest BCUT2D eigenvalue weighted by Gasteiger charge is -2.12. The molecule has 174 valence electrons. The van der Waals surface area contributed by atoms with E-state index in [9.17, 15) is 4.79 Å². The highest BCUT2D eigenvalue weighted by Crippen LogP contribution is 2.29. The number of amides is 1. The number of halogens is 1. The standard InChI is InChI=1S/C24H26ClN3O3S2/c1-3-5-12-31-21-11-6-17(13-22(21)30-4-2)14-26-28-23(29)16-33-24-27-20(15-32-24)18-7-9-19(25)10-8-18/h6-11,13-15H,3-5,12,16H2,1-2H3,(H,28,29)/b26-14+. The number of nitrogens with one attached hydrogen (secondary N) is 1. The molecule has 0 fully saturated rings. The van der Waals surface area contributed by atoms with Gasteiger partial charge in [0.1, 0.15) is 0 Å². The first kappa shape index (κ1) is 25.1. The first-order valence-corrected chi connectivity index (χ1v) is 12.9. The van der Waals surface area contributed by atoms with Crippen LogP contribution in [0.3, 0.4) is 0 Å². The van der Waals surface area contributed by atoms with Crippen LogP contribution in [0.25, 0.3) is 11.3 Å². The number of ether oxygens (including phenoxy) is 2. The first-order valence-electron chi connectivity index (χ1n) is 10.6. The van der Waals surface area contributed by atoms with Crippen LogP contribution in [-0.4, -0.2) is 36.1 Å². The van der Waals surface area contributed by atoms with Crippen LogP contribution in [0.4, 0.5) is 0 Å². The number of hydrogen-bond acceptors (Lipinski definition) is 7. The van der Waals surface area contributed by atoms with Gasteiger partial charge in [0.05, 0.1) is 30.9 Å². The Morgan fingerprint density at radius 2 is 2.00 bits per heavy atom. The molecule has 0 aliphatic heterocycles. The predicted octanol–water partition coefficient (Wildman–Crippen LogP) is 6.28. The number of aromatic nitrogens is 1. The van der Waals surface area contributed by atoms with E-state index < -0.39 is 0 Å². The van der Waals surface area contributed by atoms with E-state index in [2.05, 4.69) is 22.4 Å². The number of nitrogens with zero attached hydrogens (tertiary/aromatic N) is 2. The molecule has 33 heavy (non-hydrogen) atoms. The number of carbonyl (C=O) groups is 1. The number of rotatable bonds is 12. The van der Waals surface area contributed by atoms with Gasteiger partial charge in [0.2, 0.25) is 0 Å². The summed E-state index contributed by atoms with van der Waals surface area (Å²) in [7, 11) is 0. The Morgan fingerprint density at radius 3 is 2.76 bits per heavy atom. The zero-order valence-corrected chi connectivity index (χ0v) is 20.9. The molecule has 0 aliphatic rings. The minimum Gasteiger partial charge on any atom is -0.490 e. The quantitative estimate of drug-likeness (QED) is 0.136. The van der Waals surface area contributed by atoms with Crippen molar-refractivity contribution >= 4 is 46.8 Å². The van der Waals surface area contributed by atoms with Gasteiger partial charge < -0.3 is 9.47 Å². The Balaban J connectivity index is 1.49. The second kappa shape index (κ2) is 13.2. The molecule has 6 nitrogen and oxygen atoms in total. The Labute approximate surface area is 207 Å². The normalized spacial score (nSPS) is 11.0. The average Bonchev–Trinajstić information content (AvgIpc) is 3.29. The van der Waals surface area contributed by atoms with Crippen LogP contribution in [0.1, 0.15) is 32.3 Å². The second-order valence-corrected chi connectivity index (χ2v) is 9.45. The zero-order chi connectivity index (χ0) is 23.5. The molecule has 0 bridgehead atoms. The molecule has 0 radical (unpaired) electrons. The highest BCUT2D eigenvalue weighted by atomic mass is 35.5. The molecule has 2 aromatic carbocycles. The van der Waals surface area contributed by atoms with Gasteiger partial charge >= 0.3 is 0 Å². The summed E-state index contributed by atoms with van der Waals surface area (Å²) in [5.74, 6) is 1.40. The van der Waals surface area contributed by atoms with Crippen molar-refractivity contribution < 1.29 is 14.3 Å². The van der Waals surface area contributed by atoms with Crippen LogP contribution in [0.5, 0.6) is 11.5 Å². The van der Waals surface area contributed by atoms with Gasteiger partial charge in [-0.3, -0.25) is 4.79 Å². The van der Waals surface area contributed by atoms with Gasteiger partial charge in [0, 0.05) is 16.0 Å². The third-order valence-corrected chi connectivity index (χ3v) is 6.65. The van der Waals surface area contributed by atoms with Crippen molar-refractivity contribution in [2.24, 2.45) is 5.10 Å². The van der Waals surface area contributed by atoms with Crippen molar-refractivity contribution in [2.45, 2.75) is 31.0 Å². The Morgan fingerprint density at radius 1 is 1.18 bits per heavy atom. The molecule has 0 atom stereocenters. The van der Waals surface area contributed by atoms with E-state index in [0.717, 1.165) is 34.0 Å². The maximum atomic E-state index is 12.2. The van der Waals surface area contributed by atoms with E-state index in [1.165, 1.54) is 23.1 Å². The lowest BCUT2D eigenvalue weighted by Crippen LogP contribution is -2.19. The molecular formula is C24H26ClN3O3S2. The van der Waals surface area contributed by atoms with E-state index in [1.807, 2.05) is 54.8 Å². The molecule has 1 N–H and O–H groups in total. The molecule has 1 heterocycles. The van der Waals surface area contributed by atoms with Gasteiger partial charge in [0.15, 0.2) is 15.8 Å². The van der Waals surface area contributed by atoms with E-state index in [0.29, 0.717) is 29.7 Å². The van der Waals surface area contributed by atoms with Gasteiger partial charge in [-0.2, -0.15) is 5.10 Å². The van der Waals surface area contributed by atoms with E-state index in [-0.39, 0.29) is 11.7 Å². The monoisotopic (exact) mass is 503 g/mol. The summed E-state index contributed by atoms with van der Waals surface area (Å²) in [6.45, 7) is 5.23. The number of thiazole rings is 1. The van der Waals surface area contributed by atoms with Crippen molar-refractivity contribution in [3.05, 3.63) is 58.4 Å². The first-order chi connectivity index (χ1) is 16.1. The van der Waals surface area contributed by atoms with Gasteiger partial charge in [-0.1, -0.05) is 48.8 Å². The summed E-state index contributed by atoms with van der Waals surface area (Å²) >= 11 is 8.81. The van der Waals surface area contributed by atoms with Crippen LogP contribution >= 0.6 is 34.7 Å². The van der Waals surface area contributed by atoms with Gasteiger partial charge in [-0.05, 0) is 49.2 Å². The molecule has 3 rings (SSSR count). The summed E-state index contributed by atoms with van der Waals surface area (Å²) in [5.41, 5.74) is 5.22. The van der Waals surface area contributed by atoms with E-state index >= 15 is 0 Å². The van der Waals surface area contributed by atoms with Crippen molar-refractivity contribution in [3.63, 3.8) is 0 Å². The number of hydrogen-bond donors (Lipinski definition) is 1. The highest BCUT2D eigenvalue weighted by Gasteiger charge is 2.09. The number of thioether (sulfide) groups is 1. The largest absolute Gasteiger partial charge is 0.490 e. The topological polar surface area (TPSA) is 72.8 Å². The molecule has 0 saturated carbocycles. The lowest BCUT2D eigenvalue weighted by molar-refractivity contribution is -0.118. The molecule has 0 spiro atoms. The third kappa shape index (κ3) is 8.07. The number of hydrazone groups is 1. The molecule has 3 aromatic rings. The second-order valence-electron chi connectivity index (χ2n) is 6.93. The molecule has 0 unspecified atom stereocenters. The fourth-order valence-corrected chi connectivity index (χ4v) is 4.49. The zero-order valence-electron chi connectivity index (χ0n) is 18.5. The Kier molecular flexibility index (Phi) is 10.1. The van der Waals surface area contributed by atoms with Gasteiger partial charge in [0.25, 0.3) is 5.91 Å². The summed E-state index contributed by atoms with van der Waals surface area (Å²) < 4.78 is 12.3. The predicted molar refractivity (Wildman–Crippen MR) is 137 cm³/mol. The highest BCUT2D eigenvalue weighted by molar-refractivity contribution is 8.01. The van der Waals surface area contributed by atoms with Crippen LogP contribution in [0, 0.1) is 0 Å². The van der Waals surface area contributed by atoms with Crippen LogP contribution in [-0.2, 0) is 4.79 Å².